The van der Waals surface area contributed by atoms with Gasteiger partial charge in [0.2, 0.25) is 0 Å². The summed E-state index contributed by atoms with van der Waals surface area (Å²) in [5.41, 5.74) is 1.50. The third-order valence-electron chi connectivity index (χ3n) is 4.10. The zero-order valence-electron chi connectivity index (χ0n) is 14.7. The van der Waals surface area contributed by atoms with Crippen LogP contribution in [-0.4, -0.2) is 29.9 Å². The normalized spacial score (nSPS) is 14.4. The number of imide groups is 1. The first-order chi connectivity index (χ1) is 12.4. The molecule has 0 spiro atoms. The number of hydrogen-bond donors (Lipinski definition) is 1. The van der Waals surface area contributed by atoms with Gasteiger partial charge in [-0.2, -0.15) is 0 Å². The highest BCUT2D eigenvalue weighted by molar-refractivity contribution is 6.36. The first-order valence-electron chi connectivity index (χ1n) is 8.21. The molecule has 0 atom stereocenters. The number of carbonyl (C=O) groups is 2. The summed E-state index contributed by atoms with van der Waals surface area (Å²) in [7, 11) is 1.55. The number of hydrogen-bond acceptors (Lipinski definition) is 4. The second kappa shape index (κ2) is 7.00. The minimum Gasteiger partial charge on any atom is -0.497 e. The lowest BCUT2D eigenvalue weighted by Gasteiger charge is -2.19. The lowest BCUT2D eigenvalue weighted by molar-refractivity contribution is -0.138. The van der Waals surface area contributed by atoms with Crippen LogP contribution in [0.5, 0.6) is 5.75 Å². The van der Waals surface area contributed by atoms with Gasteiger partial charge < -0.3 is 10.1 Å². The number of ether oxygens (including phenoxy) is 1. The predicted molar refractivity (Wildman–Crippen MR) is 96.9 cm³/mol. The Labute approximate surface area is 151 Å². The maximum Gasteiger partial charge on any atom is 0.278 e. The summed E-state index contributed by atoms with van der Waals surface area (Å²) in [5, 5.41) is 3.04. The fourth-order valence-electron chi connectivity index (χ4n) is 2.86. The van der Waals surface area contributed by atoms with E-state index in [0.29, 0.717) is 17.0 Å². The third kappa shape index (κ3) is 3.18. The van der Waals surface area contributed by atoms with Crippen molar-refractivity contribution in [1.82, 2.24) is 4.90 Å². The summed E-state index contributed by atoms with van der Waals surface area (Å²) in [6.45, 7) is 3.54. The number of carbonyl (C=O) groups excluding carboxylic acids is 2. The van der Waals surface area contributed by atoms with Crippen molar-refractivity contribution in [2.24, 2.45) is 0 Å². The van der Waals surface area contributed by atoms with E-state index in [0.717, 1.165) is 0 Å². The molecule has 0 unspecified atom stereocenters. The summed E-state index contributed by atoms with van der Waals surface area (Å²) in [5.74, 6) is -0.597. The van der Waals surface area contributed by atoms with Crippen molar-refractivity contribution in [2.45, 2.75) is 19.9 Å². The average Bonchev–Trinajstić information content (AvgIpc) is 2.86. The molecule has 1 N–H and O–H groups in total. The molecule has 0 saturated carbocycles. The van der Waals surface area contributed by atoms with Crippen molar-refractivity contribution in [2.75, 3.05) is 12.4 Å². The average molecular weight is 354 g/mol. The van der Waals surface area contributed by atoms with Gasteiger partial charge in [0.15, 0.2) is 0 Å². The third-order valence-corrected chi connectivity index (χ3v) is 4.10. The van der Waals surface area contributed by atoms with Crippen LogP contribution in [0.4, 0.5) is 10.1 Å². The smallest absolute Gasteiger partial charge is 0.278 e. The molecule has 0 saturated heterocycles. The van der Waals surface area contributed by atoms with Crippen LogP contribution in [0.25, 0.3) is 5.57 Å². The molecule has 2 amide bonds. The van der Waals surface area contributed by atoms with E-state index in [2.05, 4.69) is 5.32 Å². The fraction of sp³-hybridized carbons (Fsp3) is 0.200. The summed E-state index contributed by atoms with van der Waals surface area (Å²) in [6, 6.07) is 12.3. The lowest BCUT2D eigenvalue weighted by atomic mass is 10.0. The summed E-state index contributed by atoms with van der Waals surface area (Å²) >= 11 is 0. The monoisotopic (exact) mass is 354 g/mol. The van der Waals surface area contributed by atoms with Crippen LogP contribution in [0.15, 0.2) is 54.2 Å². The van der Waals surface area contributed by atoms with Gasteiger partial charge in [-0.3, -0.25) is 14.5 Å². The van der Waals surface area contributed by atoms with E-state index in [9.17, 15) is 14.0 Å². The largest absolute Gasteiger partial charge is 0.497 e. The number of nitrogens with zero attached hydrogens (tertiary/aromatic N) is 1. The minimum absolute atomic E-state index is 0.170. The molecule has 0 fully saturated rings. The fourth-order valence-corrected chi connectivity index (χ4v) is 2.86. The molecule has 0 aromatic heterocycles. The van der Waals surface area contributed by atoms with Gasteiger partial charge in [-0.05, 0) is 43.7 Å². The first-order valence-corrected chi connectivity index (χ1v) is 8.21. The number of methoxy groups -OCH3 is 1. The van der Waals surface area contributed by atoms with Gasteiger partial charge in [0.1, 0.15) is 17.3 Å². The Morgan fingerprint density at radius 1 is 1.04 bits per heavy atom. The zero-order chi connectivity index (χ0) is 18.8. The Hall–Kier alpha value is -3.15. The zero-order valence-corrected chi connectivity index (χ0v) is 14.7. The maximum absolute atomic E-state index is 13.3. The van der Waals surface area contributed by atoms with E-state index in [1.54, 1.807) is 45.2 Å². The topological polar surface area (TPSA) is 58.6 Å². The molecule has 0 bridgehead atoms. The molecule has 26 heavy (non-hydrogen) atoms. The van der Waals surface area contributed by atoms with Crippen molar-refractivity contribution in [3.05, 3.63) is 65.6 Å². The van der Waals surface area contributed by atoms with Gasteiger partial charge >= 0.3 is 0 Å². The van der Waals surface area contributed by atoms with E-state index in [1.807, 2.05) is 0 Å². The quantitative estimate of drug-likeness (QED) is 0.836. The van der Waals surface area contributed by atoms with Crippen molar-refractivity contribution in [3.63, 3.8) is 0 Å². The van der Waals surface area contributed by atoms with Crippen LogP contribution in [-0.2, 0) is 9.59 Å². The number of rotatable bonds is 5. The number of amides is 2. The van der Waals surface area contributed by atoms with Gasteiger partial charge in [-0.25, -0.2) is 4.39 Å². The summed E-state index contributed by atoms with van der Waals surface area (Å²) in [6.07, 6.45) is 0. The standard InChI is InChI=1S/C20H19FN2O3/c1-12(2)23-19(24)17(13-7-9-14(21)10-8-13)18(20(23)25)22-15-5-4-6-16(11-15)26-3/h4-12,22H,1-3H3. The molecule has 134 valence electrons. The molecule has 1 aliphatic rings. The van der Waals surface area contributed by atoms with Gasteiger partial charge in [0.25, 0.3) is 11.8 Å². The van der Waals surface area contributed by atoms with Crippen molar-refractivity contribution in [3.8, 4) is 5.75 Å². The minimum atomic E-state index is -0.410. The molecule has 2 aromatic rings. The molecular formula is C20H19FN2O3. The van der Waals surface area contributed by atoms with E-state index in [4.69, 9.17) is 4.74 Å². The Morgan fingerprint density at radius 2 is 1.73 bits per heavy atom. The van der Waals surface area contributed by atoms with Crippen LogP contribution in [0.2, 0.25) is 0 Å². The Morgan fingerprint density at radius 3 is 2.35 bits per heavy atom. The number of nitrogens with one attached hydrogen (secondary N) is 1. The highest BCUT2D eigenvalue weighted by Crippen LogP contribution is 2.32. The predicted octanol–water partition coefficient (Wildman–Crippen LogP) is 3.43. The summed E-state index contributed by atoms with van der Waals surface area (Å²) in [4.78, 5) is 26.9. The molecule has 2 aromatic carbocycles. The Kier molecular flexibility index (Phi) is 4.75. The lowest BCUT2D eigenvalue weighted by Crippen LogP contribution is -2.38. The number of anilines is 1. The van der Waals surface area contributed by atoms with Crippen LogP contribution in [0, 0.1) is 5.82 Å². The van der Waals surface area contributed by atoms with Gasteiger partial charge in [-0.15, -0.1) is 0 Å². The van der Waals surface area contributed by atoms with Crippen LogP contribution in [0.3, 0.4) is 0 Å². The molecule has 0 aliphatic carbocycles. The van der Waals surface area contributed by atoms with Crippen LogP contribution < -0.4 is 10.1 Å². The highest BCUT2D eigenvalue weighted by atomic mass is 19.1. The van der Waals surface area contributed by atoms with Gasteiger partial charge in [0, 0.05) is 17.8 Å². The maximum atomic E-state index is 13.3. The molecule has 3 rings (SSSR count). The molecular weight excluding hydrogens is 335 g/mol. The van der Waals surface area contributed by atoms with Crippen molar-refractivity contribution in [1.29, 1.82) is 0 Å². The van der Waals surface area contributed by atoms with Gasteiger partial charge in [-0.1, -0.05) is 18.2 Å². The molecule has 5 nitrogen and oxygen atoms in total. The molecule has 6 heteroatoms. The van der Waals surface area contributed by atoms with Crippen molar-refractivity contribution < 1.29 is 18.7 Å². The molecule has 1 aliphatic heterocycles. The van der Waals surface area contributed by atoms with Crippen LogP contribution >= 0.6 is 0 Å². The van der Waals surface area contributed by atoms with Crippen LogP contribution in [0.1, 0.15) is 19.4 Å². The van der Waals surface area contributed by atoms with Crippen molar-refractivity contribution >= 4 is 23.1 Å². The van der Waals surface area contributed by atoms with E-state index in [1.165, 1.54) is 29.2 Å². The Balaban J connectivity index is 2.09. The van der Waals surface area contributed by atoms with E-state index >= 15 is 0 Å². The Bertz CT molecular complexity index is 888. The number of halogens is 1. The summed E-state index contributed by atoms with van der Waals surface area (Å²) < 4.78 is 18.5. The molecule has 0 radical (unpaired) electrons. The SMILES string of the molecule is COc1cccc(NC2=C(c3ccc(F)cc3)C(=O)N(C(C)C)C2=O)c1. The van der Waals surface area contributed by atoms with E-state index in [-0.39, 0.29) is 17.3 Å². The second-order valence-electron chi connectivity index (χ2n) is 6.19. The van der Waals surface area contributed by atoms with Gasteiger partial charge in [0.05, 0.1) is 12.7 Å². The first kappa shape index (κ1) is 17.7. The highest BCUT2D eigenvalue weighted by Gasteiger charge is 2.40. The van der Waals surface area contributed by atoms with E-state index < -0.39 is 17.6 Å². The number of benzene rings is 2. The molecule has 1 heterocycles. The second-order valence-corrected chi connectivity index (χ2v) is 6.19.